The molecule has 2 N–H and O–H groups in total. The monoisotopic (exact) mass is 310 g/mol. The average molecular weight is 311 g/mol. The Morgan fingerprint density at radius 1 is 1.14 bits per heavy atom. The van der Waals surface area contributed by atoms with Crippen molar-refractivity contribution in [2.24, 2.45) is 0 Å². The standard InChI is InChI=1S/C15H13ClF2N2O/c1-2-19-14-12(17)7-9(8-13(14)18)15(21)20-11-5-3-10(16)4-6-11/h3-8,19H,2H2,1H3,(H,20,21). The highest BCUT2D eigenvalue weighted by Crippen LogP contribution is 2.21. The summed E-state index contributed by atoms with van der Waals surface area (Å²) >= 11 is 5.74. The number of hydrogen-bond acceptors (Lipinski definition) is 2. The number of amides is 1. The van der Waals surface area contributed by atoms with Crippen molar-refractivity contribution >= 4 is 28.9 Å². The van der Waals surface area contributed by atoms with Crippen LogP contribution in [0.5, 0.6) is 0 Å². The zero-order chi connectivity index (χ0) is 15.4. The summed E-state index contributed by atoms with van der Waals surface area (Å²) in [5, 5.41) is 5.64. The second-order valence-corrected chi connectivity index (χ2v) is 4.74. The summed E-state index contributed by atoms with van der Waals surface area (Å²) in [5.41, 5.74) is 0.156. The average Bonchev–Trinajstić information content (AvgIpc) is 2.45. The molecule has 0 aliphatic rings. The van der Waals surface area contributed by atoms with Crippen LogP contribution >= 0.6 is 11.6 Å². The van der Waals surface area contributed by atoms with Crippen LogP contribution in [0.15, 0.2) is 36.4 Å². The van der Waals surface area contributed by atoms with Gasteiger partial charge in [-0.1, -0.05) is 11.6 Å². The fourth-order valence-electron chi connectivity index (χ4n) is 1.79. The molecule has 21 heavy (non-hydrogen) atoms. The fraction of sp³-hybridized carbons (Fsp3) is 0.133. The fourth-order valence-corrected chi connectivity index (χ4v) is 1.91. The van der Waals surface area contributed by atoms with E-state index in [9.17, 15) is 13.6 Å². The third kappa shape index (κ3) is 3.70. The summed E-state index contributed by atoms with van der Waals surface area (Å²) < 4.78 is 27.5. The number of hydrogen-bond donors (Lipinski definition) is 2. The minimum Gasteiger partial charge on any atom is -0.381 e. The smallest absolute Gasteiger partial charge is 0.255 e. The molecule has 110 valence electrons. The number of carbonyl (C=O) groups excluding carboxylic acids is 1. The van der Waals surface area contributed by atoms with E-state index >= 15 is 0 Å². The van der Waals surface area contributed by atoms with E-state index in [0.29, 0.717) is 17.3 Å². The molecule has 0 fully saturated rings. The van der Waals surface area contributed by atoms with Crippen LogP contribution in [0.4, 0.5) is 20.2 Å². The number of halogens is 3. The van der Waals surface area contributed by atoms with Crippen molar-refractivity contribution in [1.82, 2.24) is 0 Å². The van der Waals surface area contributed by atoms with Gasteiger partial charge in [0.15, 0.2) is 0 Å². The van der Waals surface area contributed by atoms with Gasteiger partial charge in [0.25, 0.3) is 5.91 Å². The number of carbonyl (C=O) groups is 1. The minimum absolute atomic E-state index is 0.0957. The maximum Gasteiger partial charge on any atom is 0.255 e. The molecule has 0 heterocycles. The lowest BCUT2D eigenvalue weighted by atomic mass is 10.1. The van der Waals surface area contributed by atoms with Gasteiger partial charge in [0.1, 0.15) is 17.3 Å². The van der Waals surface area contributed by atoms with Gasteiger partial charge in [0.05, 0.1) is 0 Å². The van der Waals surface area contributed by atoms with E-state index < -0.39 is 17.5 Å². The second kappa shape index (κ2) is 6.54. The van der Waals surface area contributed by atoms with Crippen LogP contribution in [0.2, 0.25) is 5.02 Å². The Bertz CT molecular complexity index is 636. The van der Waals surface area contributed by atoms with Gasteiger partial charge in [0, 0.05) is 22.8 Å². The molecule has 0 saturated heterocycles. The highest BCUT2D eigenvalue weighted by atomic mass is 35.5. The highest BCUT2D eigenvalue weighted by Gasteiger charge is 2.15. The first-order valence-corrected chi connectivity index (χ1v) is 6.69. The van der Waals surface area contributed by atoms with Crippen molar-refractivity contribution in [3.63, 3.8) is 0 Å². The van der Waals surface area contributed by atoms with Crippen molar-refractivity contribution in [1.29, 1.82) is 0 Å². The zero-order valence-corrected chi connectivity index (χ0v) is 12.0. The quantitative estimate of drug-likeness (QED) is 0.884. The summed E-state index contributed by atoms with van der Waals surface area (Å²) in [7, 11) is 0. The normalized spacial score (nSPS) is 10.3. The summed E-state index contributed by atoms with van der Waals surface area (Å²) in [5.74, 6) is -2.21. The zero-order valence-electron chi connectivity index (χ0n) is 11.2. The summed E-state index contributed by atoms with van der Waals surface area (Å²) in [6.07, 6.45) is 0. The Morgan fingerprint density at radius 2 is 1.71 bits per heavy atom. The van der Waals surface area contributed by atoms with E-state index in [-0.39, 0.29) is 11.3 Å². The van der Waals surface area contributed by atoms with Gasteiger partial charge in [0.2, 0.25) is 0 Å². The molecule has 0 unspecified atom stereocenters. The van der Waals surface area contributed by atoms with Gasteiger partial charge < -0.3 is 10.6 Å². The van der Waals surface area contributed by atoms with Crippen LogP contribution in [0.3, 0.4) is 0 Å². The Kier molecular flexibility index (Phi) is 4.75. The molecule has 0 aliphatic carbocycles. The molecule has 0 aromatic heterocycles. The lowest BCUT2D eigenvalue weighted by Gasteiger charge is -2.09. The van der Waals surface area contributed by atoms with E-state index in [1.54, 1.807) is 31.2 Å². The van der Waals surface area contributed by atoms with E-state index in [0.717, 1.165) is 12.1 Å². The van der Waals surface area contributed by atoms with Gasteiger partial charge in [-0.25, -0.2) is 8.78 Å². The van der Waals surface area contributed by atoms with Crippen molar-refractivity contribution in [2.45, 2.75) is 6.92 Å². The predicted octanol–water partition coefficient (Wildman–Crippen LogP) is 4.30. The number of anilines is 2. The van der Waals surface area contributed by atoms with E-state index in [1.807, 2.05) is 0 Å². The Hall–Kier alpha value is -2.14. The molecule has 0 radical (unpaired) electrons. The summed E-state index contributed by atoms with van der Waals surface area (Å²) in [4.78, 5) is 12.0. The molecule has 2 aromatic rings. The molecule has 0 bridgehead atoms. The molecule has 2 aromatic carbocycles. The molecule has 0 aliphatic heterocycles. The molecule has 6 heteroatoms. The maximum atomic E-state index is 13.8. The lowest BCUT2D eigenvalue weighted by Crippen LogP contribution is -2.13. The number of nitrogens with one attached hydrogen (secondary N) is 2. The molecule has 0 spiro atoms. The lowest BCUT2D eigenvalue weighted by molar-refractivity contribution is 0.102. The van der Waals surface area contributed by atoms with Crippen molar-refractivity contribution in [3.8, 4) is 0 Å². The molecule has 0 saturated carbocycles. The predicted molar refractivity (Wildman–Crippen MR) is 79.9 cm³/mol. The van der Waals surface area contributed by atoms with Crippen molar-refractivity contribution in [2.75, 3.05) is 17.2 Å². The SMILES string of the molecule is CCNc1c(F)cc(C(=O)Nc2ccc(Cl)cc2)cc1F. The van der Waals surface area contributed by atoms with E-state index in [4.69, 9.17) is 11.6 Å². The summed E-state index contributed by atoms with van der Waals surface area (Å²) in [6.45, 7) is 2.10. The molecule has 2 rings (SSSR count). The Labute approximate surface area is 125 Å². The van der Waals surface area contributed by atoms with Crippen LogP contribution in [-0.2, 0) is 0 Å². The molecule has 3 nitrogen and oxygen atoms in total. The van der Waals surface area contributed by atoms with Crippen molar-refractivity contribution < 1.29 is 13.6 Å². The topological polar surface area (TPSA) is 41.1 Å². The largest absolute Gasteiger partial charge is 0.381 e. The number of benzene rings is 2. The first kappa shape index (κ1) is 15.3. The second-order valence-electron chi connectivity index (χ2n) is 4.31. The minimum atomic E-state index is -0.807. The first-order valence-electron chi connectivity index (χ1n) is 6.31. The molecular weight excluding hydrogens is 298 g/mol. The Balaban J connectivity index is 2.21. The van der Waals surface area contributed by atoms with Gasteiger partial charge in [-0.15, -0.1) is 0 Å². The number of rotatable bonds is 4. The van der Waals surface area contributed by atoms with Crippen LogP contribution in [-0.4, -0.2) is 12.5 Å². The molecule has 1 amide bonds. The molecular formula is C15H13ClF2N2O. The maximum absolute atomic E-state index is 13.8. The third-order valence-corrected chi connectivity index (χ3v) is 3.01. The van der Waals surface area contributed by atoms with E-state index in [1.165, 1.54) is 0 Å². The Morgan fingerprint density at radius 3 is 2.24 bits per heavy atom. The van der Waals surface area contributed by atoms with Crippen LogP contribution in [0.1, 0.15) is 17.3 Å². The van der Waals surface area contributed by atoms with Crippen LogP contribution in [0, 0.1) is 11.6 Å². The van der Waals surface area contributed by atoms with Crippen LogP contribution < -0.4 is 10.6 Å². The van der Waals surface area contributed by atoms with Gasteiger partial charge in [-0.2, -0.15) is 0 Å². The van der Waals surface area contributed by atoms with Gasteiger partial charge in [-0.3, -0.25) is 4.79 Å². The van der Waals surface area contributed by atoms with Crippen molar-refractivity contribution in [3.05, 3.63) is 58.6 Å². The molecule has 0 atom stereocenters. The third-order valence-electron chi connectivity index (χ3n) is 2.76. The van der Waals surface area contributed by atoms with Crippen LogP contribution in [0.25, 0.3) is 0 Å². The summed E-state index contributed by atoms with van der Waals surface area (Å²) in [6, 6.07) is 8.39. The van der Waals surface area contributed by atoms with E-state index in [2.05, 4.69) is 10.6 Å². The first-order chi connectivity index (χ1) is 10.0. The highest BCUT2D eigenvalue weighted by molar-refractivity contribution is 6.30. The van der Waals surface area contributed by atoms with Gasteiger partial charge in [-0.05, 0) is 43.3 Å². The van der Waals surface area contributed by atoms with Gasteiger partial charge >= 0.3 is 0 Å².